The van der Waals surface area contributed by atoms with E-state index in [0.717, 1.165) is 68.0 Å². The highest BCUT2D eigenvalue weighted by atomic mass is 35.5. The summed E-state index contributed by atoms with van der Waals surface area (Å²) in [5, 5.41) is 3.50. The summed E-state index contributed by atoms with van der Waals surface area (Å²) in [6.07, 6.45) is 8.56. The predicted octanol–water partition coefficient (Wildman–Crippen LogP) is 4.29. The van der Waals surface area contributed by atoms with Crippen molar-refractivity contribution in [3.63, 3.8) is 0 Å². The first kappa shape index (κ1) is 25.2. The molecule has 7 nitrogen and oxygen atoms in total. The second-order valence-electron chi connectivity index (χ2n) is 8.93. The molecule has 2 heterocycles. The summed E-state index contributed by atoms with van der Waals surface area (Å²) in [7, 11) is 0. The number of carbonyl (C=O) groups excluding carboxylic acids is 1. The van der Waals surface area contributed by atoms with Crippen LogP contribution in [0.5, 0.6) is 5.75 Å². The number of ether oxygens (including phenoxy) is 1. The SMILES string of the molecule is CC[C@@H](N)CNC(=O)c1c(C)cc(OCCCC2CCN(c3ncc(Cl)cn3)CC2)cc1C. The number of nitrogens with one attached hydrogen (secondary N) is 1. The number of nitrogens with two attached hydrogens (primary N) is 1. The number of rotatable bonds is 10. The molecule has 0 bridgehead atoms. The number of hydrogen-bond donors (Lipinski definition) is 2. The van der Waals surface area contributed by atoms with Crippen molar-refractivity contribution >= 4 is 23.5 Å². The molecule has 0 radical (unpaired) electrons. The third-order valence-corrected chi connectivity index (χ3v) is 6.51. The van der Waals surface area contributed by atoms with Crippen molar-refractivity contribution in [3.8, 4) is 5.75 Å². The second kappa shape index (κ2) is 12.2. The zero-order valence-electron chi connectivity index (χ0n) is 19.9. The minimum atomic E-state index is -0.0733. The van der Waals surface area contributed by atoms with Crippen LogP contribution < -0.4 is 20.7 Å². The number of carbonyl (C=O) groups is 1. The van der Waals surface area contributed by atoms with Gasteiger partial charge in [0.2, 0.25) is 5.95 Å². The van der Waals surface area contributed by atoms with Crippen LogP contribution in [0.4, 0.5) is 5.95 Å². The lowest BCUT2D eigenvalue weighted by Crippen LogP contribution is -2.37. The molecule has 1 aliphatic rings. The predicted molar refractivity (Wildman–Crippen MR) is 133 cm³/mol. The number of aromatic nitrogens is 2. The van der Waals surface area contributed by atoms with Gasteiger partial charge in [-0.1, -0.05) is 18.5 Å². The summed E-state index contributed by atoms with van der Waals surface area (Å²) in [6.45, 7) is 9.02. The van der Waals surface area contributed by atoms with E-state index < -0.39 is 0 Å². The van der Waals surface area contributed by atoms with Gasteiger partial charge in [-0.2, -0.15) is 0 Å². The number of hydrogen-bond acceptors (Lipinski definition) is 6. The molecule has 1 saturated heterocycles. The second-order valence-corrected chi connectivity index (χ2v) is 9.37. The van der Waals surface area contributed by atoms with Gasteiger partial charge in [0.05, 0.1) is 24.0 Å². The van der Waals surface area contributed by atoms with Crippen molar-refractivity contribution in [2.75, 3.05) is 31.1 Å². The average molecular weight is 474 g/mol. The molecule has 1 aromatic heterocycles. The summed E-state index contributed by atoms with van der Waals surface area (Å²) >= 11 is 5.88. The molecule has 3 rings (SSSR count). The lowest BCUT2D eigenvalue weighted by atomic mass is 9.92. The van der Waals surface area contributed by atoms with Crippen LogP contribution in [0.25, 0.3) is 0 Å². The van der Waals surface area contributed by atoms with Crippen molar-refractivity contribution < 1.29 is 9.53 Å². The van der Waals surface area contributed by atoms with Gasteiger partial charge in [0.25, 0.3) is 5.91 Å². The van der Waals surface area contributed by atoms with Crippen LogP contribution in [0.1, 0.15) is 60.5 Å². The Morgan fingerprint density at radius 1 is 1.24 bits per heavy atom. The van der Waals surface area contributed by atoms with E-state index in [0.29, 0.717) is 29.7 Å². The first-order valence-corrected chi connectivity index (χ1v) is 12.3. The van der Waals surface area contributed by atoms with E-state index in [1.165, 1.54) is 0 Å². The van der Waals surface area contributed by atoms with E-state index in [-0.39, 0.29) is 11.9 Å². The molecule has 180 valence electrons. The Hall–Kier alpha value is -2.38. The van der Waals surface area contributed by atoms with Gasteiger partial charge in [-0.3, -0.25) is 4.79 Å². The zero-order chi connectivity index (χ0) is 23.8. The quantitative estimate of drug-likeness (QED) is 0.500. The largest absolute Gasteiger partial charge is 0.494 e. The van der Waals surface area contributed by atoms with Crippen LogP contribution in [0.3, 0.4) is 0 Å². The number of aryl methyl sites for hydroxylation is 2. The maximum Gasteiger partial charge on any atom is 0.251 e. The molecule has 1 fully saturated rings. The highest BCUT2D eigenvalue weighted by Gasteiger charge is 2.21. The molecule has 0 unspecified atom stereocenters. The van der Waals surface area contributed by atoms with Gasteiger partial charge in [0.1, 0.15) is 5.75 Å². The lowest BCUT2D eigenvalue weighted by molar-refractivity contribution is 0.0949. The smallest absolute Gasteiger partial charge is 0.251 e. The number of piperidine rings is 1. The molecule has 33 heavy (non-hydrogen) atoms. The normalized spacial score (nSPS) is 15.4. The molecular weight excluding hydrogens is 438 g/mol. The molecule has 3 N–H and O–H groups in total. The van der Waals surface area contributed by atoms with Gasteiger partial charge in [-0.15, -0.1) is 0 Å². The topological polar surface area (TPSA) is 93.4 Å². The fourth-order valence-corrected chi connectivity index (χ4v) is 4.37. The van der Waals surface area contributed by atoms with Crippen molar-refractivity contribution in [1.29, 1.82) is 0 Å². The van der Waals surface area contributed by atoms with E-state index in [2.05, 4.69) is 20.2 Å². The van der Waals surface area contributed by atoms with E-state index in [1.54, 1.807) is 12.4 Å². The van der Waals surface area contributed by atoms with E-state index in [4.69, 9.17) is 22.1 Å². The minimum Gasteiger partial charge on any atom is -0.494 e. The van der Waals surface area contributed by atoms with Gasteiger partial charge in [0, 0.05) is 31.2 Å². The molecule has 8 heteroatoms. The van der Waals surface area contributed by atoms with Crippen LogP contribution in [-0.2, 0) is 0 Å². The third kappa shape index (κ3) is 7.30. The number of benzene rings is 1. The van der Waals surface area contributed by atoms with Gasteiger partial charge >= 0.3 is 0 Å². The van der Waals surface area contributed by atoms with Crippen molar-refractivity contribution in [2.24, 2.45) is 11.7 Å². The zero-order valence-corrected chi connectivity index (χ0v) is 20.7. The van der Waals surface area contributed by atoms with Crippen LogP contribution in [-0.4, -0.2) is 48.2 Å². The number of anilines is 1. The molecule has 1 amide bonds. The van der Waals surface area contributed by atoms with Crippen molar-refractivity contribution in [3.05, 3.63) is 46.2 Å². The van der Waals surface area contributed by atoms with Gasteiger partial charge in [0.15, 0.2) is 0 Å². The standard InChI is InChI=1S/C25H36ClN5O2/c1-4-21(27)16-28-24(32)23-17(2)12-22(13-18(23)3)33-11-5-6-19-7-9-31(10-8-19)25-29-14-20(26)15-30-25/h12-15,19,21H,4-11,16,27H2,1-3H3,(H,28,32)/t21-/m1/s1. The fraction of sp³-hybridized carbons (Fsp3) is 0.560. The summed E-state index contributed by atoms with van der Waals surface area (Å²) in [5.41, 5.74) is 8.46. The van der Waals surface area contributed by atoms with Crippen molar-refractivity contribution in [1.82, 2.24) is 15.3 Å². The molecule has 0 aliphatic carbocycles. The maximum atomic E-state index is 12.6. The summed E-state index contributed by atoms with van der Waals surface area (Å²) in [4.78, 5) is 23.4. The Morgan fingerprint density at radius 2 is 1.88 bits per heavy atom. The molecule has 2 aromatic rings. The summed E-state index contributed by atoms with van der Waals surface area (Å²) < 4.78 is 6.02. The molecule has 0 spiro atoms. The summed E-state index contributed by atoms with van der Waals surface area (Å²) in [5.74, 6) is 2.20. The van der Waals surface area contributed by atoms with E-state index in [9.17, 15) is 4.79 Å². The molecular formula is C25H36ClN5O2. The van der Waals surface area contributed by atoms with Gasteiger partial charge in [-0.05, 0) is 75.1 Å². The first-order chi connectivity index (χ1) is 15.9. The molecule has 1 aliphatic heterocycles. The van der Waals surface area contributed by atoms with Crippen molar-refractivity contribution in [2.45, 2.75) is 58.9 Å². The fourth-order valence-electron chi connectivity index (χ4n) is 4.27. The third-order valence-electron chi connectivity index (χ3n) is 6.31. The number of halogens is 1. The Bertz CT molecular complexity index is 891. The molecule has 0 saturated carbocycles. The molecule has 1 aromatic carbocycles. The number of nitrogens with zero attached hydrogens (tertiary/aromatic N) is 3. The Labute approximate surface area is 202 Å². The van der Waals surface area contributed by atoms with Crippen LogP contribution >= 0.6 is 11.6 Å². The molecule has 1 atom stereocenters. The van der Waals surface area contributed by atoms with Crippen LogP contribution in [0.2, 0.25) is 5.02 Å². The lowest BCUT2D eigenvalue weighted by Gasteiger charge is -2.32. The Morgan fingerprint density at radius 3 is 2.48 bits per heavy atom. The van der Waals surface area contributed by atoms with Gasteiger partial charge < -0.3 is 20.7 Å². The Kier molecular flexibility index (Phi) is 9.32. The highest BCUT2D eigenvalue weighted by Crippen LogP contribution is 2.26. The van der Waals surface area contributed by atoms with E-state index in [1.807, 2.05) is 32.9 Å². The first-order valence-electron chi connectivity index (χ1n) is 11.9. The Balaban J connectivity index is 1.41. The maximum absolute atomic E-state index is 12.6. The monoisotopic (exact) mass is 473 g/mol. The van der Waals surface area contributed by atoms with Crippen LogP contribution in [0, 0.1) is 19.8 Å². The van der Waals surface area contributed by atoms with Crippen LogP contribution in [0.15, 0.2) is 24.5 Å². The van der Waals surface area contributed by atoms with Gasteiger partial charge in [-0.25, -0.2) is 9.97 Å². The average Bonchev–Trinajstić information content (AvgIpc) is 2.81. The minimum absolute atomic E-state index is 0.0184. The highest BCUT2D eigenvalue weighted by molar-refractivity contribution is 6.30. The van der Waals surface area contributed by atoms with E-state index >= 15 is 0 Å². The summed E-state index contributed by atoms with van der Waals surface area (Å²) in [6, 6.07) is 3.88. The number of amides is 1.